The molecule has 0 bridgehead atoms. The molecular formula is C22H18N2O2. The number of methoxy groups -OCH3 is 2. The summed E-state index contributed by atoms with van der Waals surface area (Å²) in [5, 5.41) is 0. The van der Waals surface area contributed by atoms with Crippen LogP contribution in [-0.4, -0.2) is 24.2 Å². The molecule has 4 nitrogen and oxygen atoms in total. The van der Waals surface area contributed by atoms with Gasteiger partial charge in [0, 0.05) is 11.1 Å². The molecule has 0 unspecified atom stereocenters. The van der Waals surface area contributed by atoms with E-state index in [9.17, 15) is 0 Å². The molecule has 1 aromatic heterocycles. The van der Waals surface area contributed by atoms with Crippen molar-refractivity contribution in [3.8, 4) is 34.0 Å². The van der Waals surface area contributed by atoms with Gasteiger partial charge in [0.1, 0.15) is 22.5 Å². The minimum atomic E-state index is 0.671. The van der Waals surface area contributed by atoms with Crippen LogP contribution in [0.2, 0.25) is 0 Å². The lowest BCUT2D eigenvalue weighted by molar-refractivity contribution is 0.409. The first-order valence-corrected chi connectivity index (χ1v) is 8.35. The normalized spacial score (nSPS) is 10.7. The maximum Gasteiger partial charge on any atom is 0.147 e. The Morgan fingerprint density at radius 2 is 0.923 bits per heavy atom. The van der Waals surface area contributed by atoms with E-state index >= 15 is 0 Å². The van der Waals surface area contributed by atoms with Crippen LogP contribution in [0.5, 0.6) is 11.5 Å². The molecule has 0 aliphatic rings. The Hall–Kier alpha value is -3.40. The summed E-state index contributed by atoms with van der Waals surface area (Å²) in [6.07, 6.45) is 0. The molecule has 4 rings (SSSR count). The average Bonchev–Trinajstić information content (AvgIpc) is 2.73. The summed E-state index contributed by atoms with van der Waals surface area (Å²) in [4.78, 5) is 9.87. The van der Waals surface area contributed by atoms with Crippen molar-refractivity contribution in [3.05, 3.63) is 72.8 Å². The van der Waals surface area contributed by atoms with Crippen molar-refractivity contribution >= 4 is 11.0 Å². The van der Waals surface area contributed by atoms with Crippen molar-refractivity contribution in [1.82, 2.24) is 9.97 Å². The zero-order chi connectivity index (χ0) is 17.9. The number of benzene rings is 3. The molecule has 0 saturated carbocycles. The molecule has 26 heavy (non-hydrogen) atoms. The van der Waals surface area contributed by atoms with Crippen molar-refractivity contribution < 1.29 is 9.47 Å². The fraction of sp³-hybridized carbons (Fsp3) is 0.0909. The van der Waals surface area contributed by atoms with Crippen molar-refractivity contribution in [2.75, 3.05) is 14.2 Å². The first-order chi connectivity index (χ1) is 12.8. The highest BCUT2D eigenvalue weighted by molar-refractivity contribution is 5.92. The summed E-state index contributed by atoms with van der Waals surface area (Å²) in [7, 11) is 3.27. The Bertz CT molecular complexity index is 962. The number of hydrogen-bond acceptors (Lipinski definition) is 4. The first-order valence-electron chi connectivity index (χ1n) is 8.35. The molecule has 4 aromatic rings. The van der Waals surface area contributed by atoms with E-state index in [0.717, 1.165) is 22.5 Å². The van der Waals surface area contributed by atoms with Crippen LogP contribution in [-0.2, 0) is 0 Å². The predicted octanol–water partition coefficient (Wildman–Crippen LogP) is 4.98. The van der Waals surface area contributed by atoms with E-state index in [4.69, 9.17) is 19.4 Å². The number of aromatic nitrogens is 2. The van der Waals surface area contributed by atoms with Crippen LogP contribution in [0.3, 0.4) is 0 Å². The van der Waals surface area contributed by atoms with Crippen LogP contribution in [0.4, 0.5) is 0 Å². The van der Waals surface area contributed by atoms with Crippen molar-refractivity contribution in [2.45, 2.75) is 0 Å². The van der Waals surface area contributed by atoms with E-state index in [2.05, 4.69) is 0 Å². The fourth-order valence-electron chi connectivity index (χ4n) is 3.01. The molecular weight excluding hydrogens is 324 g/mol. The molecule has 0 amide bonds. The third-order valence-corrected chi connectivity index (χ3v) is 4.28. The molecule has 0 N–H and O–H groups in total. The van der Waals surface area contributed by atoms with E-state index in [1.165, 1.54) is 0 Å². The highest BCUT2D eigenvalue weighted by atomic mass is 16.5. The molecule has 1 heterocycles. The van der Waals surface area contributed by atoms with Crippen molar-refractivity contribution in [2.24, 2.45) is 0 Å². The lowest BCUT2D eigenvalue weighted by Crippen LogP contribution is -1.99. The monoisotopic (exact) mass is 342 g/mol. The second-order valence-corrected chi connectivity index (χ2v) is 5.82. The van der Waals surface area contributed by atoms with Gasteiger partial charge in [0.05, 0.1) is 25.6 Å². The Kier molecular flexibility index (Phi) is 4.23. The summed E-state index contributed by atoms with van der Waals surface area (Å²) >= 11 is 0. The first kappa shape index (κ1) is 16.1. The van der Waals surface area contributed by atoms with E-state index in [1.807, 2.05) is 72.8 Å². The van der Waals surface area contributed by atoms with Gasteiger partial charge in [-0.2, -0.15) is 0 Å². The summed E-state index contributed by atoms with van der Waals surface area (Å²) in [5.41, 5.74) is 5.01. The highest BCUT2D eigenvalue weighted by Crippen LogP contribution is 2.36. The average molecular weight is 342 g/mol. The van der Waals surface area contributed by atoms with Crippen LogP contribution < -0.4 is 9.47 Å². The second kappa shape index (κ2) is 6.84. The topological polar surface area (TPSA) is 44.2 Å². The number of hydrogen-bond donors (Lipinski definition) is 0. The number of fused-ring (bicyclic) bond motifs is 1. The lowest BCUT2D eigenvalue weighted by atomic mass is 10.0. The van der Waals surface area contributed by atoms with Gasteiger partial charge in [0.25, 0.3) is 0 Å². The van der Waals surface area contributed by atoms with Gasteiger partial charge in [-0.15, -0.1) is 0 Å². The van der Waals surface area contributed by atoms with Crippen LogP contribution >= 0.6 is 0 Å². The van der Waals surface area contributed by atoms with Crippen LogP contribution in [0.25, 0.3) is 33.5 Å². The summed E-state index contributed by atoms with van der Waals surface area (Å²) in [6.45, 7) is 0. The van der Waals surface area contributed by atoms with Gasteiger partial charge < -0.3 is 9.47 Å². The second-order valence-electron chi connectivity index (χ2n) is 5.82. The van der Waals surface area contributed by atoms with E-state index in [0.29, 0.717) is 22.5 Å². The van der Waals surface area contributed by atoms with Gasteiger partial charge in [-0.1, -0.05) is 60.7 Å². The molecule has 0 aliphatic heterocycles. The highest BCUT2D eigenvalue weighted by Gasteiger charge is 2.17. The van der Waals surface area contributed by atoms with Crippen molar-refractivity contribution in [3.63, 3.8) is 0 Å². The van der Waals surface area contributed by atoms with Crippen molar-refractivity contribution in [1.29, 1.82) is 0 Å². The molecule has 0 aliphatic carbocycles. The Balaban J connectivity index is 2.10. The molecule has 0 atom stereocenters. The largest absolute Gasteiger partial charge is 0.494 e. The molecule has 4 heteroatoms. The van der Waals surface area contributed by atoms with Crippen LogP contribution in [0.1, 0.15) is 0 Å². The number of rotatable bonds is 4. The quantitative estimate of drug-likeness (QED) is 0.524. The molecule has 0 saturated heterocycles. The van der Waals surface area contributed by atoms with Gasteiger partial charge in [0.15, 0.2) is 0 Å². The molecule has 3 aromatic carbocycles. The minimum absolute atomic E-state index is 0.671. The fourth-order valence-corrected chi connectivity index (χ4v) is 3.01. The van der Waals surface area contributed by atoms with E-state index in [1.54, 1.807) is 14.2 Å². The Labute approximate surface area is 152 Å². The van der Waals surface area contributed by atoms with Gasteiger partial charge in [-0.3, -0.25) is 0 Å². The smallest absolute Gasteiger partial charge is 0.147 e. The summed E-state index contributed by atoms with van der Waals surface area (Å²) in [6, 6.07) is 23.8. The van der Waals surface area contributed by atoms with E-state index in [-0.39, 0.29) is 0 Å². The van der Waals surface area contributed by atoms with Crippen LogP contribution in [0.15, 0.2) is 72.8 Å². The maximum absolute atomic E-state index is 5.51. The van der Waals surface area contributed by atoms with Gasteiger partial charge in [-0.05, 0) is 12.1 Å². The predicted molar refractivity (Wildman–Crippen MR) is 104 cm³/mol. The molecule has 0 fully saturated rings. The zero-order valence-corrected chi connectivity index (χ0v) is 14.6. The SMILES string of the molecule is COc1ccc(OC)c2nc(-c3ccccc3)c(-c3ccccc3)nc12. The Morgan fingerprint density at radius 3 is 1.27 bits per heavy atom. The van der Waals surface area contributed by atoms with E-state index < -0.39 is 0 Å². The zero-order valence-electron chi connectivity index (χ0n) is 14.6. The minimum Gasteiger partial charge on any atom is -0.494 e. The third kappa shape index (κ3) is 2.75. The third-order valence-electron chi connectivity index (χ3n) is 4.28. The van der Waals surface area contributed by atoms with Crippen LogP contribution in [0, 0.1) is 0 Å². The number of ether oxygens (including phenoxy) is 2. The standard InChI is InChI=1S/C22H18N2O2/c1-25-17-13-14-18(26-2)22-21(17)23-19(15-9-5-3-6-10-15)20(24-22)16-11-7-4-8-12-16/h3-14H,1-2H3. The molecule has 0 radical (unpaired) electrons. The molecule has 0 spiro atoms. The molecule has 128 valence electrons. The van der Waals surface area contributed by atoms with Gasteiger partial charge >= 0.3 is 0 Å². The summed E-state index contributed by atoms with van der Waals surface area (Å²) < 4.78 is 11.0. The van der Waals surface area contributed by atoms with Gasteiger partial charge in [0.2, 0.25) is 0 Å². The lowest BCUT2D eigenvalue weighted by Gasteiger charge is -2.14. The maximum atomic E-state index is 5.51. The Morgan fingerprint density at radius 1 is 0.538 bits per heavy atom. The van der Waals surface area contributed by atoms with Gasteiger partial charge in [-0.25, -0.2) is 9.97 Å². The summed E-state index contributed by atoms with van der Waals surface area (Å²) in [5.74, 6) is 1.34. The number of nitrogens with zero attached hydrogens (tertiary/aromatic N) is 2.